The zero-order valence-corrected chi connectivity index (χ0v) is 18.7. The molecule has 1 fully saturated rings. The summed E-state index contributed by atoms with van der Waals surface area (Å²) in [6.45, 7) is 8.59. The number of fused-ring (bicyclic) bond motifs is 1. The summed E-state index contributed by atoms with van der Waals surface area (Å²) in [7, 11) is 0. The Kier molecular flexibility index (Phi) is 5.50. The number of benzene rings is 1. The van der Waals surface area contributed by atoms with Gasteiger partial charge < -0.3 is 15.2 Å². The summed E-state index contributed by atoms with van der Waals surface area (Å²) in [4.78, 5) is 41.8. The van der Waals surface area contributed by atoms with Gasteiger partial charge in [-0.05, 0) is 82.6 Å². The molecule has 0 bridgehead atoms. The molecular weight excluding hydrogens is 390 g/mol. The van der Waals surface area contributed by atoms with E-state index in [0.717, 1.165) is 43.5 Å². The topological polar surface area (TPSA) is 82.3 Å². The normalized spacial score (nSPS) is 22.3. The van der Waals surface area contributed by atoms with Gasteiger partial charge in [-0.25, -0.2) is 0 Å². The fourth-order valence-electron chi connectivity index (χ4n) is 5.26. The first-order chi connectivity index (χ1) is 14.7. The fourth-order valence-corrected chi connectivity index (χ4v) is 5.26. The van der Waals surface area contributed by atoms with E-state index in [1.807, 2.05) is 24.8 Å². The molecule has 2 N–H and O–H groups in total. The minimum Gasteiger partial charge on any atom is -0.349 e. The summed E-state index contributed by atoms with van der Waals surface area (Å²) in [6.07, 6.45) is 3.73. The Morgan fingerprint density at radius 2 is 1.81 bits per heavy atom. The van der Waals surface area contributed by atoms with Crippen molar-refractivity contribution in [2.45, 2.75) is 64.8 Å². The minimum atomic E-state index is -0.486. The van der Waals surface area contributed by atoms with E-state index in [1.165, 1.54) is 11.6 Å². The number of aromatic amines is 1. The van der Waals surface area contributed by atoms with Crippen molar-refractivity contribution in [2.75, 3.05) is 11.4 Å². The number of hydrogen-bond donors (Lipinski definition) is 2. The van der Waals surface area contributed by atoms with E-state index in [0.29, 0.717) is 17.2 Å². The maximum absolute atomic E-state index is 13.2. The molecule has 0 radical (unpaired) electrons. The summed E-state index contributed by atoms with van der Waals surface area (Å²) >= 11 is 0. The highest BCUT2D eigenvalue weighted by molar-refractivity contribution is 6.08. The second kappa shape index (κ2) is 7.98. The number of carbonyl (C=O) groups excluding carboxylic acids is 2. The molecule has 2 aliphatic rings. The van der Waals surface area contributed by atoms with Gasteiger partial charge in [0.2, 0.25) is 11.5 Å². The van der Waals surface area contributed by atoms with Crippen molar-refractivity contribution in [1.29, 1.82) is 0 Å². The van der Waals surface area contributed by atoms with E-state index in [4.69, 9.17) is 0 Å². The van der Waals surface area contributed by atoms with E-state index in [1.54, 1.807) is 13.0 Å². The summed E-state index contributed by atoms with van der Waals surface area (Å²) in [5, 5.41) is 3.11. The monoisotopic (exact) mass is 421 g/mol. The van der Waals surface area contributed by atoms with Gasteiger partial charge in [-0.2, -0.15) is 0 Å². The Morgan fingerprint density at radius 3 is 2.48 bits per heavy atom. The van der Waals surface area contributed by atoms with E-state index in [9.17, 15) is 14.4 Å². The molecule has 164 valence electrons. The van der Waals surface area contributed by atoms with Crippen LogP contribution in [0.2, 0.25) is 0 Å². The van der Waals surface area contributed by atoms with E-state index >= 15 is 0 Å². The molecular formula is C25H31N3O3. The Balaban J connectivity index is 1.38. The van der Waals surface area contributed by atoms with Crippen molar-refractivity contribution in [3.05, 3.63) is 63.1 Å². The maximum atomic E-state index is 13.2. The van der Waals surface area contributed by atoms with Crippen LogP contribution in [0.1, 0.15) is 66.7 Å². The predicted molar refractivity (Wildman–Crippen MR) is 122 cm³/mol. The second-order valence-corrected chi connectivity index (χ2v) is 9.56. The molecule has 2 aromatic rings. The average molecular weight is 422 g/mol. The first kappa shape index (κ1) is 21.3. The predicted octanol–water partition coefficient (Wildman–Crippen LogP) is 3.60. The van der Waals surface area contributed by atoms with Gasteiger partial charge in [0, 0.05) is 30.0 Å². The zero-order valence-electron chi connectivity index (χ0n) is 18.7. The Morgan fingerprint density at radius 1 is 1.10 bits per heavy atom. The number of nitrogens with zero attached hydrogens (tertiary/aromatic N) is 1. The van der Waals surface area contributed by atoms with E-state index in [2.05, 4.69) is 29.4 Å². The Labute approximate surface area is 183 Å². The van der Waals surface area contributed by atoms with Gasteiger partial charge in [-0.1, -0.05) is 12.1 Å². The quantitative estimate of drug-likeness (QED) is 0.791. The highest BCUT2D eigenvalue weighted by Crippen LogP contribution is 2.44. The van der Waals surface area contributed by atoms with Crippen LogP contribution in [0.4, 0.5) is 5.69 Å². The van der Waals surface area contributed by atoms with Crippen LogP contribution < -0.4 is 15.8 Å². The standard InChI is InChI=1S/C25H31N3O3/c1-15-6-5-7-20-22(15)25(3,4)24(31)28(20)14-17-8-10-18(11-9-17)27-23(30)19-12-13-21(29)26-16(19)2/h5-7,12-13,17-18H,8-11,14H2,1-4H3,(H,26,29)(H,27,30). The molecule has 1 saturated carbocycles. The van der Waals surface area contributed by atoms with Crippen molar-refractivity contribution in [2.24, 2.45) is 5.92 Å². The summed E-state index contributed by atoms with van der Waals surface area (Å²) < 4.78 is 0. The second-order valence-electron chi connectivity index (χ2n) is 9.56. The summed E-state index contributed by atoms with van der Waals surface area (Å²) in [5.74, 6) is 0.466. The Hall–Kier alpha value is -2.89. The molecule has 0 saturated heterocycles. The number of hydrogen-bond acceptors (Lipinski definition) is 3. The lowest BCUT2D eigenvalue weighted by molar-refractivity contribution is -0.122. The van der Waals surface area contributed by atoms with Crippen LogP contribution in [0.15, 0.2) is 35.1 Å². The lowest BCUT2D eigenvalue weighted by Crippen LogP contribution is -2.42. The number of anilines is 1. The van der Waals surface area contributed by atoms with E-state index < -0.39 is 5.41 Å². The zero-order chi connectivity index (χ0) is 22.3. The largest absolute Gasteiger partial charge is 0.349 e. The lowest BCUT2D eigenvalue weighted by atomic mass is 9.83. The van der Waals surface area contributed by atoms with Gasteiger partial charge in [0.25, 0.3) is 5.91 Å². The van der Waals surface area contributed by atoms with E-state index in [-0.39, 0.29) is 23.4 Å². The highest BCUT2D eigenvalue weighted by atomic mass is 16.2. The van der Waals surface area contributed by atoms with Crippen LogP contribution >= 0.6 is 0 Å². The highest BCUT2D eigenvalue weighted by Gasteiger charge is 2.45. The fraction of sp³-hybridized carbons (Fsp3) is 0.480. The van der Waals surface area contributed by atoms with Gasteiger partial charge in [0.1, 0.15) is 0 Å². The molecule has 1 aromatic heterocycles. The maximum Gasteiger partial charge on any atom is 0.253 e. The smallest absolute Gasteiger partial charge is 0.253 e. The third-order valence-electron chi connectivity index (χ3n) is 6.93. The molecule has 6 nitrogen and oxygen atoms in total. The van der Waals surface area contributed by atoms with Crippen LogP contribution in [0.25, 0.3) is 0 Å². The SMILES string of the molecule is Cc1cccc2c1C(C)(C)C(=O)N2CC1CCC(NC(=O)c2ccc(=O)[nH]c2C)CC1. The van der Waals surface area contributed by atoms with Crippen molar-refractivity contribution >= 4 is 17.5 Å². The number of carbonyl (C=O) groups is 2. The van der Waals surface area contributed by atoms with Crippen LogP contribution in [0.3, 0.4) is 0 Å². The number of amides is 2. The molecule has 0 spiro atoms. The minimum absolute atomic E-state index is 0.121. The van der Waals surface area contributed by atoms with Gasteiger partial charge in [-0.3, -0.25) is 14.4 Å². The third-order valence-corrected chi connectivity index (χ3v) is 6.93. The molecule has 1 aromatic carbocycles. The molecule has 2 heterocycles. The molecule has 1 aliphatic heterocycles. The van der Waals surface area contributed by atoms with Crippen molar-refractivity contribution in [3.63, 3.8) is 0 Å². The molecule has 31 heavy (non-hydrogen) atoms. The first-order valence-electron chi connectivity index (χ1n) is 11.1. The molecule has 0 atom stereocenters. The summed E-state index contributed by atoms with van der Waals surface area (Å²) in [5.41, 5.74) is 3.78. The molecule has 2 amide bonds. The van der Waals surface area contributed by atoms with Crippen LogP contribution in [0.5, 0.6) is 0 Å². The third kappa shape index (κ3) is 3.91. The first-order valence-corrected chi connectivity index (χ1v) is 11.1. The number of rotatable bonds is 4. The van der Waals surface area contributed by atoms with Gasteiger partial charge in [-0.15, -0.1) is 0 Å². The van der Waals surface area contributed by atoms with Gasteiger partial charge in [0.05, 0.1) is 11.0 Å². The summed E-state index contributed by atoms with van der Waals surface area (Å²) in [6, 6.07) is 9.25. The number of H-pyrrole nitrogens is 1. The van der Waals surface area contributed by atoms with Crippen LogP contribution in [-0.4, -0.2) is 29.4 Å². The van der Waals surface area contributed by atoms with Crippen LogP contribution in [0, 0.1) is 19.8 Å². The lowest BCUT2D eigenvalue weighted by Gasteiger charge is -2.32. The number of pyridine rings is 1. The average Bonchev–Trinajstić information content (AvgIpc) is 2.90. The van der Waals surface area contributed by atoms with Gasteiger partial charge >= 0.3 is 0 Å². The molecule has 6 heteroatoms. The van der Waals surface area contributed by atoms with Crippen LogP contribution in [-0.2, 0) is 10.2 Å². The van der Waals surface area contributed by atoms with Crippen molar-refractivity contribution < 1.29 is 9.59 Å². The molecule has 1 aliphatic carbocycles. The Bertz CT molecular complexity index is 1080. The molecule has 0 unspecified atom stereocenters. The number of aromatic nitrogens is 1. The van der Waals surface area contributed by atoms with Gasteiger partial charge in [0.15, 0.2) is 0 Å². The molecule has 4 rings (SSSR count). The van der Waals surface area contributed by atoms with Crippen molar-refractivity contribution in [1.82, 2.24) is 10.3 Å². The van der Waals surface area contributed by atoms with Crippen molar-refractivity contribution in [3.8, 4) is 0 Å². The number of nitrogens with one attached hydrogen (secondary N) is 2. The number of aryl methyl sites for hydroxylation is 2.